The first-order valence-corrected chi connectivity index (χ1v) is 8.91. The summed E-state index contributed by atoms with van der Waals surface area (Å²) in [5.41, 5.74) is 1.55. The molecule has 0 bridgehead atoms. The van der Waals surface area contributed by atoms with Gasteiger partial charge in [0, 0.05) is 18.4 Å². The van der Waals surface area contributed by atoms with Crippen molar-refractivity contribution in [1.29, 1.82) is 0 Å². The normalized spacial score (nSPS) is 15.3. The number of hydrogen-bond acceptors (Lipinski definition) is 5. The number of furan rings is 1. The molecule has 27 heavy (non-hydrogen) atoms. The summed E-state index contributed by atoms with van der Waals surface area (Å²) >= 11 is 0. The SMILES string of the molecule is CC(O)(CNc1ccc(C(=O)N2CCc3ccccc32)cn1)c1ccco1. The summed E-state index contributed by atoms with van der Waals surface area (Å²) < 4.78 is 5.26. The molecule has 0 saturated carbocycles. The van der Waals surface area contributed by atoms with Crippen LogP contribution in [0.1, 0.15) is 28.6 Å². The maximum atomic E-state index is 12.8. The fourth-order valence-corrected chi connectivity index (χ4v) is 3.26. The molecule has 0 saturated heterocycles. The number of amides is 1. The smallest absolute Gasteiger partial charge is 0.259 e. The van der Waals surface area contributed by atoms with Crippen LogP contribution in [0.4, 0.5) is 11.5 Å². The van der Waals surface area contributed by atoms with Gasteiger partial charge in [-0.2, -0.15) is 0 Å². The van der Waals surface area contributed by atoms with Crippen molar-refractivity contribution in [3.05, 3.63) is 77.9 Å². The number of aromatic nitrogens is 1. The number of benzene rings is 1. The first-order chi connectivity index (χ1) is 13.0. The van der Waals surface area contributed by atoms with E-state index in [0.717, 1.165) is 12.1 Å². The van der Waals surface area contributed by atoms with E-state index >= 15 is 0 Å². The van der Waals surface area contributed by atoms with Crippen LogP contribution in [0.15, 0.2) is 65.4 Å². The molecule has 0 aliphatic carbocycles. The lowest BCUT2D eigenvalue weighted by atomic mass is 10.0. The fraction of sp³-hybridized carbons (Fsp3) is 0.238. The molecule has 1 atom stereocenters. The first kappa shape index (κ1) is 17.3. The molecule has 2 aromatic heterocycles. The molecule has 0 fully saturated rings. The van der Waals surface area contributed by atoms with Gasteiger partial charge >= 0.3 is 0 Å². The van der Waals surface area contributed by atoms with Gasteiger partial charge in [0.1, 0.15) is 17.2 Å². The number of para-hydroxylation sites is 1. The standard InChI is InChI=1S/C21H21N3O3/c1-21(26,18-7-4-12-27-18)14-23-19-9-8-16(13-22-19)20(25)24-11-10-15-5-2-3-6-17(15)24/h2-9,12-13,26H,10-11,14H2,1H3,(H,22,23). The Morgan fingerprint density at radius 2 is 2.11 bits per heavy atom. The Kier molecular flexibility index (Phi) is 4.41. The van der Waals surface area contributed by atoms with Gasteiger partial charge in [0.25, 0.3) is 5.91 Å². The molecule has 1 amide bonds. The highest BCUT2D eigenvalue weighted by atomic mass is 16.4. The van der Waals surface area contributed by atoms with Crippen LogP contribution in [0.3, 0.4) is 0 Å². The molecule has 1 unspecified atom stereocenters. The van der Waals surface area contributed by atoms with Crippen molar-refractivity contribution in [3.8, 4) is 0 Å². The minimum Gasteiger partial charge on any atom is -0.466 e. The van der Waals surface area contributed by atoms with Gasteiger partial charge in [-0.3, -0.25) is 4.79 Å². The minimum atomic E-state index is -1.15. The number of nitrogens with one attached hydrogen (secondary N) is 1. The molecule has 0 spiro atoms. The van der Waals surface area contributed by atoms with Crippen LogP contribution in [-0.4, -0.2) is 29.1 Å². The molecular weight excluding hydrogens is 342 g/mol. The van der Waals surface area contributed by atoms with E-state index in [-0.39, 0.29) is 12.5 Å². The van der Waals surface area contributed by atoms with Crippen LogP contribution in [0.25, 0.3) is 0 Å². The second-order valence-corrected chi connectivity index (χ2v) is 6.87. The Labute approximate surface area is 157 Å². The van der Waals surface area contributed by atoms with Crippen LogP contribution in [-0.2, 0) is 12.0 Å². The number of hydrogen-bond donors (Lipinski definition) is 2. The lowest BCUT2D eigenvalue weighted by Crippen LogP contribution is -2.31. The Hall–Kier alpha value is -3.12. The number of carbonyl (C=O) groups is 1. The molecule has 3 aromatic rings. The van der Waals surface area contributed by atoms with Gasteiger partial charge in [0.15, 0.2) is 0 Å². The zero-order valence-electron chi connectivity index (χ0n) is 15.1. The van der Waals surface area contributed by atoms with Gasteiger partial charge in [-0.25, -0.2) is 4.98 Å². The monoisotopic (exact) mass is 363 g/mol. The van der Waals surface area contributed by atoms with Crippen molar-refractivity contribution in [2.45, 2.75) is 18.9 Å². The first-order valence-electron chi connectivity index (χ1n) is 8.91. The van der Waals surface area contributed by atoms with Crippen molar-refractivity contribution in [3.63, 3.8) is 0 Å². The largest absolute Gasteiger partial charge is 0.466 e. The van der Waals surface area contributed by atoms with E-state index in [1.807, 2.05) is 18.2 Å². The summed E-state index contributed by atoms with van der Waals surface area (Å²) in [5.74, 6) is 1.01. The van der Waals surface area contributed by atoms with Crippen molar-refractivity contribution in [1.82, 2.24) is 4.98 Å². The molecular formula is C21H21N3O3. The maximum absolute atomic E-state index is 12.8. The third kappa shape index (κ3) is 3.44. The molecule has 1 aliphatic heterocycles. The lowest BCUT2D eigenvalue weighted by molar-refractivity contribution is 0.0476. The fourth-order valence-electron chi connectivity index (χ4n) is 3.26. The quantitative estimate of drug-likeness (QED) is 0.728. The highest BCUT2D eigenvalue weighted by Crippen LogP contribution is 2.29. The Bertz CT molecular complexity index is 934. The number of fused-ring (bicyclic) bond motifs is 1. The minimum absolute atomic E-state index is 0.0541. The summed E-state index contributed by atoms with van der Waals surface area (Å²) in [7, 11) is 0. The average molecular weight is 363 g/mol. The van der Waals surface area contributed by atoms with Crippen LogP contribution < -0.4 is 10.2 Å². The molecule has 1 aromatic carbocycles. The van der Waals surface area contributed by atoms with Gasteiger partial charge in [0.2, 0.25) is 0 Å². The summed E-state index contributed by atoms with van der Waals surface area (Å²) in [6, 6.07) is 14.9. The number of rotatable bonds is 5. The van der Waals surface area contributed by atoms with Crippen molar-refractivity contribution >= 4 is 17.4 Å². The lowest BCUT2D eigenvalue weighted by Gasteiger charge is -2.21. The molecule has 4 rings (SSSR count). The Balaban J connectivity index is 1.43. The highest BCUT2D eigenvalue weighted by molar-refractivity contribution is 6.07. The number of carbonyl (C=O) groups excluding carboxylic acids is 1. The van der Waals surface area contributed by atoms with E-state index in [0.29, 0.717) is 23.7 Å². The Morgan fingerprint density at radius 1 is 1.26 bits per heavy atom. The number of pyridine rings is 1. The van der Waals surface area contributed by atoms with Gasteiger partial charge in [0.05, 0.1) is 18.4 Å². The van der Waals surface area contributed by atoms with E-state index in [9.17, 15) is 9.90 Å². The maximum Gasteiger partial charge on any atom is 0.259 e. The Morgan fingerprint density at radius 3 is 2.85 bits per heavy atom. The second kappa shape index (κ2) is 6.89. The van der Waals surface area contributed by atoms with Crippen molar-refractivity contribution in [2.75, 3.05) is 23.3 Å². The van der Waals surface area contributed by atoms with Crippen LogP contribution in [0.5, 0.6) is 0 Å². The zero-order valence-corrected chi connectivity index (χ0v) is 15.1. The van der Waals surface area contributed by atoms with Crippen molar-refractivity contribution < 1.29 is 14.3 Å². The van der Waals surface area contributed by atoms with E-state index in [2.05, 4.69) is 16.4 Å². The highest BCUT2D eigenvalue weighted by Gasteiger charge is 2.27. The topological polar surface area (TPSA) is 78.6 Å². The van der Waals surface area contributed by atoms with E-state index < -0.39 is 5.60 Å². The third-order valence-electron chi connectivity index (χ3n) is 4.81. The van der Waals surface area contributed by atoms with Gasteiger partial charge in [-0.15, -0.1) is 0 Å². The van der Waals surface area contributed by atoms with Crippen LogP contribution in [0.2, 0.25) is 0 Å². The number of anilines is 2. The zero-order chi connectivity index (χ0) is 18.9. The van der Waals surface area contributed by atoms with Crippen LogP contribution >= 0.6 is 0 Å². The van der Waals surface area contributed by atoms with Crippen LogP contribution in [0, 0.1) is 0 Å². The van der Waals surface area contributed by atoms with Gasteiger partial charge in [-0.05, 0) is 49.2 Å². The van der Waals surface area contributed by atoms with Crippen molar-refractivity contribution in [2.24, 2.45) is 0 Å². The molecule has 6 heteroatoms. The molecule has 3 heterocycles. The predicted octanol–water partition coefficient (Wildman–Crippen LogP) is 3.20. The second-order valence-electron chi connectivity index (χ2n) is 6.87. The molecule has 1 aliphatic rings. The summed E-state index contributed by atoms with van der Waals surface area (Å²) in [5, 5.41) is 13.5. The van der Waals surface area contributed by atoms with E-state index in [1.54, 1.807) is 42.3 Å². The summed E-state index contributed by atoms with van der Waals surface area (Å²) in [4.78, 5) is 18.9. The third-order valence-corrected chi connectivity index (χ3v) is 4.81. The summed E-state index contributed by atoms with van der Waals surface area (Å²) in [6.07, 6.45) is 3.96. The van der Waals surface area contributed by atoms with Gasteiger partial charge < -0.3 is 19.7 Å². The molecule has 6 nitrogen and oxygen atoms in total. The molecule has 0 radical (unpaired) electrons. The summed E-state index contributed by atoms with van der Waals surface area (Å²) in [6.45, 7) is 2.59. The number of aliphatic hydroxyl groups is 1. The van der Waals surface area contributed by atoms with E-state index in [1.165, 1.54) is 11.8 Å². The number of nitrogens with zero attached hydrogens (tertiary/aromatic N) is 2. The average Bonchev–Trinajstić information content (AvgIpc) is 3.37. The predicted molar refractivity (Wildman–Crippen MR) is 103 cm³/mol. The molecule has 2 N–H and O–H groups in total. The molecule has 138 valence electrons. The van der Waals surface area contributed by atoms with Gasteiger partial charge in [-0.1, -0.05) is 18.2 Å². The van der Waals surface area contributed by atoms with E-state index in [4.69, 9.17) is 4.42 Å².